The maximum atomic E-state index is 14.5. The molecular formula is C18H15F5N4O. The van der Waals surface area contributed by atoms with Gasteiger partial charge in [0.15, 0.2) is 5.96 Å². The molecule has 2 N–H and O–H groups in total. The number of halogens is 5. The predicted octanol–water partition coefficient (Wildman–Crippen LogP) is 3.37. The van der Waals surface area contributed by atoms with E-state index in [0.29, 0.717) is 6.07 Å². The minimum atomic E-state index is -4.65. The van der Waals surface area contributed by atoms with E-state index < -0.39 is 40.9 Å². The quantitative estimate of drug-likeness (QED) is 0.763. The zero-order chi connectivity index (χ0) is 20.9. The summed E-state index contributed by atoms with van der Waals surface area (Å²) in [6, 6.07) is 4.58. The van der Waals surface area contributed by atoms with Crippen molar-refractivity contribution in [3.8, 4) is 0 Å². The highest BCUT2D eigenvalue weighted by molar-refractivity contribution is 6.02. The van der Waals surface area contributed by atoms with E-state index in [1.165, 1.54) is 14.0 Å². The lowest BCUT2D eigenvalue weighted by Crippen LogP contribution is -2.62. The van der Waals surface area contributed by atoms with Gasteiger partial charge in [-0.3, -0.25) is 20.1 Å². The molecule has 2 aromatic rings. The summed E-state index contributed by atoms with van der Waals surface area (Å²) in [4.78, 5) is 17.2. The zero-order valence-corrected chi connectivity index (χ0v) is 14.7. The van der Waals surface area contributed by atoms with Crippen LogP contribution < -0.4 is 5.32 Å². The first kappa shape index (κ1) is 19.7. The normalized spacial score (nSPS) is 23.0. The van der Waals surface area contributed by atoms with Crippen LogP contribution in [0.4, 0.5) is 22.0 Å². The Labute approximate surface area is 156 Å². The number of likely N-dealkylation sites (N-methyl/N-ethyl adjacent to an activating group) is 1. The second kappa shape index (κ2) is 6.54. The topological polar surface area (TPSA) is 69.1 Å². The molecule has 2 atom stereocenters. The number of nitrogens with one attached hydrogen (secondary N) is 2. The third kappa shape index (κ3) is 3.19. The zero-order valence-electron chi connectivity index (χ0n) is 14.7. The van der Waals surface area contributed by atoms with Crippen molar-refractivity contribution in [2.45, 2.75) is 24.6 Å². The molecule has 10 heteroatoms. The minimum absolute atomic E-state index is 0.0936. The maximum absolute atomic E-state index is 14.5. The van der Waals surface area contributed by atoms with Crippen molar-refractivity contribution in [3.05, 3.63) is 65.0 Å². The molecule has 148 valence electrons. The fourth-order valence-electron chi connectivity index (χ4n) is 3.31. The third-order valence-electron chi connectivity index (χ3n) is 4.77. The van der Waals surface area contributed by atoms with Crippen LogP contribution in [-0.4, -0.2) is 28.8 Å². The molecule has 0 radical (unpaired) electrons. The van der Waals surface area contributed by atoms with E-state index in [1.807, 2.05) is 0 Å². The Bertz CT molecular complexity index is 944. The van der Waals surface area contributed by atoms with Gasteiger partial charge in [0.25, 0.3) is 0 Å². The summed E-state index contributed by atoms with van der Waals surface area (Å²) >= 11 is 0. The molecule has 0 bridgehead atoms. The van der Waals surface area contributed by atoms with Crippen LogP contribution in [0.2, 0.25) is 0 Å². The predicted molar refractivity (Wildman–Crippen MR) is 89.3 cm³/mol. The van der Waals surface area contributed by atoms with Gasteiger partial charge in [0.2, 0.25) is 5.91 Å². The number of carbonyl (C=O) groups excluding carboxylic acids is 1. The van der Waals surface area contributed by atoms with Gasteiger partial charge >= 0.3 is 6.18 Å². The molecule has 5 nitrogen and oxygen atoms in total. The molecule has 3 rings (SSSR count). The number of alkyl halides is 3. The number of nitrogens with zero attached hydrogens (tertiary/aromatic N) is 2. The van der Waals surface area contributed by atoms with Gasteiger partial charge in [-0.25, -0.2) is 8.78 Å². The van der Waals surface area contributed by atoms with E-state index in [-0.39, 0.29) is 17.1 Å². The van der Waals surface area contributed by atoms with Crippen molar-refractivity contribution in [2.24, 2.45) is 0 Å². The molecule has 0 aliphatic carbocycles. The van der Waals surface area contributed by atoms with E-state index in [9.17, 15) is 26.7 Å². The van der Waals surface area contributed by atoms with Gasteiger partial charge in [0, 0.05) is 24.9 Å². The highest BCUT2D eigenvalue weighted by Crippen LogP contribution is 2.42. The first-order valence-corrected chi connectivity index (χ1v) is 8.08. The summed E-state index contributed by atoms with van der Waals surface area (Å²) in [5.41, 5.74) is -2.70. The third-order valence-corrected chi connectivity index (χ3v) is 4.77. The SMILES string of the molecule is CN1C(=N)N[C@](C)(c2ccc(F)cc2F)[C@@H](c2ccc(C(F)(F)F)nc2)C1=O. The molecule has 0 saturated carbocycles. The van der Waals surface area contributed by atoms with E-state index in [4.69, 9.17) is 5.41 Å². The number of benzene rings is 1. The summed E-state index contributed by atoms with van der Waals surface area (Å²) < 4.78 is 66.2. The number of guanidine groups is 1. The van der Waals surface area contributed by atoms with E-state index in [2.05, 4.69) is 10.3 Å². The Balaban J connectivity index is 2.16. The Morgan fingerprint density at radius 3 is 2.43 bits per heavy atom. The van der Waals surface area contributed by atoms with Crippen LogP contribution in [0.25, 0.3) is 0 Å². The van der Waals surface area contributed by atoms with Crippen molar-refractivity contribution in [1.29, 1.82) is 5.41 Å². The highest BCUT2D eigenvalue weighted by Gasteiger charge is 2.49. The van der Waals surface area contributed by atoms with E-state index >= 15 is 0 Å². The number of aromatic nitrogens is 1. The molecule has 1 aliphatic rings. The smallest absolute Gasteiger partial charge is 0.346 e. The van der Waals surface area contributed by atoms with Gasteiger partial charge in [-0.15, -0.1) is 0 Å². The molecule has 1 aromatic heterocycles. The first-order chi connectivity index (χ1) is 12.9. The van der Waals surface area contributed by atoms with Gasteiger partial charge in [-0.05, 0) is 24.6 Å². The standard InChI is InChI=1S/C18H15F5N4O/c1-17(11-5-4-10(19)7-12(11)20)14(15(28)27(2)16(24)26-17)9-3-6-13(25-8-9)18(21,22)23/h3-8,14H,1-2H3,(H2,24,26)/t14-,17+/m0/s1. The molecule has 0 unspecified atom stereocenters. The molecule has 1 amide bonds. The van der Waals surface area contributed by atoms with Crippen LogP contribution in [-0.2, 0) is 16.5 Å². The second-order valence-corrected chi connectivity index (χ2v) is 6.60. The summed E-state index contributed by atoms with van der Waals surface area (Å²) in [7, 11) is 1.31. The maximum Gasteiger partial charge on any atom is 0.433 e. The van der Waals surface area contributed by atoms with Gasteiger partial charge in [-0.1, -0.05) is 12.1 Å². The summed E-state index contributed by atoms with van der Waals surface area (Å²) in [5, 5.41) is 10.7. The molecule has 1 aromatic carbocycles. The van der Waals surface area contributed by atoms with Crippen molar-refractivity contribution < 1.29 is 26.7 Å². The first-order valence-electron chi connectivity index (χ1n) is 8.08. The number of carbonyl (C=O) groups is 1. The Morgan fingerprint density at radius 2 is 1.89 bits per heavy atom. The monoisotopic (exact) mass is 398 g/mol. The Hall–Kier alpha value is -3.04. The average Bonchev–Trinajstić information content (AvgIpc) is 2.59. The van der Waals surface area contributed by atoms with Crippen LogP contribution in [0, 0.1) is 17.0 Å². The number of hydrogen-bond donors (Lipinski definition) is 2. The summed E-state index contributed by atoms with van der Waals surface area (Å²) in [5.74, 6) is -3.96. The largest absolute Gasteiger partial charge is 0.433 e. The summed E-state index contributed by atoms with van der Waals surface area (Å²) in [6.07, 6.45) is -3.76. The molecule has 0 spiro atoms. The molecular weight excluding hydrogens is 383 g/mol. The van der Waals surface area contributed by atoms with Crippen LogP contribution >= 0.6 is 0 Å². The van der Waals surface area contributed by atoms with Gasteiger partial charge in [0.05, 0.1) is 11.5 Å². The number of pyridine rings is 1. The molecule has 1 aliphatic heterocycles. The van der Waals surface area contributed by atoms with Crippen LogP contribution in [0.3, 0.4) is 0 Å². The van der Waals surface area contributed by atoms with E-state index in [0.717, 1.165) is 35.4 Å². The fraction of sp³-hybridized carbons (Fsp3) is 0.278. The van der Waals surface area contributed by atoms with Crippen molar-refractivity contribution >= 4 is 11.9 Å². The van der Waals surface area contributed by atoms with Crippen LogP contribution in [0.1, 0.15) is 29.7 Å². The number of amides is 1. The van der Waals surface area contributed by atoms with Crippen molar-refractivity contribution in [3.63, 3.8) is 0 Å². The van der Waals surface area contributed by atoms with Crippen LogP contribution in [0.5, 0.6) is 0 Å². The van der Waals surface area contributed by atoms with Crippen LogP contribution in [0.15, 0.2) is 36.5 Å². The average molecular weight is 398 g/mol. The van der Waals surface area contributed by atoms with Gasteiger partial charge in [-0.2, -0.15) is 13.2 Å². The molecule has 1 saturated heterocycles. The lowest BCUT2D eigenvalue weighted by atomic mass is 9.74. The van der Waals surface area contributed by atoms with Crippen molar-refractivity contribution in [1.82, 2.24) is 15.2 Å². The number of rotatable bonds is 2. The molecule has 28 heavy (non-hydrogen) atoms. The van der Waals surface area contributed by atoms with Crippen molar-refractivity contribution in [2.75, 3.05) is 7.05 Å². The minimum Gasteiger partial charge on any atom is -0.346 e. The number of hydrogen-bond acceptors (Lipinski definition) is 3. The second-order valence-electron chi connectivity index (χ2n) is 6.60. The lowest BCUT2D eigenvalue weighted by molar-refractivity contribution is -0.141. The fourth-order valence-corrected chi connectivity index (χ4v) is 3.31. The van der Waals surface area contributed by atoms with Gasteiger partial charge < -0.3 is 5.32 Å². The summed E-state index contributed by atoms with van der Waals surface area (Å²) in [6.45, 7) is 1.42. The van der Waals surface area contributed by atoms with Gasteiger partial charge in [0.1, 0.15) is 17.3 Å². The molecule has 2 heterocycles. The lowest BCUT2D eigenvalue weighted by Gasteiger charge is -2.45. The molecule has 1 fully saturated rings. The van der Waals surface area contributed by atoms with E-state index in [1.54, 1.807) is 0 Å². The Kier molecular flexibility index (Phi) is 4.60. The highest BCUT2D eigenvalue weighted by atomic mass is 19.4. The Morgan fingerprint density at radius 1 is 1.21 bits per heavy atom.